The lowest BCUT2D eigenvalue weighted by Gasteiger charge is -2.42. The van der Waals surface area contributed by atoms with Crippen LogP contribution in [0.5, 0.6) is 0 Å². The minimum absolute atomic E-state index is 0. The van der Waals surface area contributed by atoms with Crippen LogP contribution in [-0.4, -0.2) is 60.5 Å². The number of carbonyl (C=O) groups is 1. The van der Waals surface area contributed by atoms with Crippen LogP contribution in [0.15, 0.2) is 0 Å². The molecule has 22 heavy (non-hydrogen) atoms. The fourth-order valence-electron chi connectivity index (χ4n) is 4.37. The Morgan fingerprint density at radius 2 is 1.68 bits per heavy atom. The zero-order valence-electron chi connectivity index (χ0n) is 13.9. The second kappa shape index (κ2) is 8.51. The Bertz CT molecular complexity index is 352. The molecule has 3 fully saturated rings. The fraction of sp³-hybridized carbons (Fsp3) is 0.941. The van der Waals surface area contributed by atoms with Crippen molar-refractivity contribution in [2.24, 2.45) is 5.92 Å². The summed E-state index contributed by atoms with van der Waals surface area (Å²) in [7, 11) is 0. The molecule has 0 aromatic heterocycles. The topological polar surface area (TPSA) is 35.6 Å². The molecule has 2 saturated heterocycles. The van der Waals surface area contributed by atoms with Gasteiger partial charge in [-0.15, -0.1) is 12.4 Å². The van der Waals surface area contributed by atoms with Gasteiger partial charge in [-0.2, -0.15) is 0 Å². The van der Waals surface area contributed by atoms with E-state index >= 15 is 0 Å². The molecule has 2 aliphatic heterocycles. The molecule has 0 spiro atoms. The molecule has 0 aromatic carbocycles. The molecule has 5 heteroatoms. The number of piperazine rings is 1. The van der Waals surface area contributed by atoms with Gasteiger partial charge in [0.2, 0.25) is 5.91 Å². The number of rotatable bonds is 2. The number of nitrogens with one attached hydrogen (secondary N) is 1. The number of amides is 1. The molecule has 3 aliphatic rings. The zero-order valence-corrected chi connectivity index (χ0v) is 14.7. The summed E-state index contributed by atoms with van der Waals surface area (Å²) in [6, 6.07) is 1.30. The summed E-state index contributed by atoms with van der Waals surface area (Å²) in [6.45, 7) is 7.29. The van der Waals surface area contributed by atoms with E-state index in [1.165, 1.54) is 32.1 Å². The minimum Gasteiger partial charge on any atom is -0.340 e. The molecular weight excluding hydrogens is 298 g/mol. The maximum absolute atomic E-state index is 12.7. The van der Waals surface area contributed by atoms with Crippen LogP contribution in [0.1, 0.15) is 51.9 Å². The second-order valence-corrected chi connectivity index (χ2v) is 7.23. The van der Waals surface area contributed by atoms with E-state index in [-0.39, 0.29) is 18.3 Å². The first-order chi connectivity index (χ1) is 10.2. The van der Waals surface area contributed by atoms with Gasteiger partial charge in [0, 0.05) is 44.2 Å². The van der Waals surface area contributed by atoms with Crippen molar-refractivity contribution in [1.29, 1.82) is 0 Å². The molecule has 3 rings (SSSR count). The van der Waals surface area contributed by atoms with Crippen molar-refractivity contribution in [3.05, 3.63) is 0 Å². The van der Waals surface area contributed by atoms with E-state index in [9.17, 15) is 4.79 Å². The summed E-state index contributed by atoms with van der Waals surface area (Å²) in [5.74, 6) is 0.689. The van der Waals surface area contributed by atoms with Gasteiger partial charge in [0.1, 0.15) is 0 Å². The Balaban J connectivity index is 0.00000176. The Kier molecular flexibility index (Phi) is 6.97. The van der Waals surface area contributed by atoms with Crippen molar-refractivity contribution in [2.75, 3.05) is 32.7 Å². The Morgan fingerprint density at radius 3 is 2.32 bits per heavy atom. The molecule has 0 aromatic rings. The van der Waals surface area contributed by atoms with Crippen LogP contribution in [-0.2, 0) is 4.79 Å². The maximum atomic E-state index is 12.7. The summed E-state index contributed by atoms with van der Waals surface area (Å²) in [6.07, 6.45) is 9.00. The Labute approximate surface area is 141 Å². The number of hydrogen-bond acceptors (Lipinski definition) is 3. The quantitative estimate of drug-likeness (QED) is 0.844. The SMILES string of the molecule is C[C@H]1C[C@@H](C(=O)N2CCN(C3CCCCC3)CC2)CCN1.Cl. The molecule has 1 saturated carbocycles. The third kappa shape index (κ3) is 4.36. The Morgan fingerprint density at radius 1 is 1.00 bits per heavy atom. The van der Waals surface area contributed by atoms with Crippen molar-refractivity contribution < 1.29 is 4.79 Å². The van der Waals surface area contributed by atoms with Gasteiger partial charge >= 0.3 is 0 Å². The number of halogens is 1. The molecule has 0 bridgehead atoms. The van der Waals surface area contributed by atoms with Gasteiger partial charge < -0.3 is 10.2 Å². The lowest BCUT2D eigenvalue weighted by atomic mass is 9.91. The van der Waals surface area contributed by atoms with E-state index in [2.05, 4.69) is 22.0 Å². The van der Waals surface area contributed by atoms with Crippen LogP contribution in [0.2, 0.25) is 0 Å². The first-order valence-corrected chi connectivity index (χ1v) is 9.00. The van der Waals surface area contributed by atoms with Crippen LogP contribution in [0.3, 0.4) is 0 Å². The predicted molar refractivity (Wildman–Crippen MR) is 92.5 cm³/mol. The van der Waals surface area contributed by atoms with Crippen molar-refractivity contribution in [1.82, 2.24) is 15.1 Å². The number of piperidine rings is 1. The lowest BCUT2D eigenvalue weighted by Crippen LogP contribution is -2.54. The highest BCUT2D eigenvalue weighted by Crippen LogP contribution is 2.25. The number of carbonyl (C=O) groups excluding carboxylic acids is 1. The van der Waals surface area contributed by atoms with Gasteiger partial charge in [0.05, 0.1) is 0 Å². The first kappa shape index (κ1) is 18.0. The fourth-order valence-corrected chi connectivity index (χ4v) is 4.37. The van der Waals surface area contributed by atoms with Crippen molar-refractivity contribution in [3.8, 4) is 0 Å². The largest absolute Gasteiger partial charge is 0.340 e. The molecule has 2 heterocycles. The molecule has 4 nitrogen and oxygen atoms in total. The summed E-state index contributed by atoms with van der Waals surface area (Å²) in [5.41, 5.74) is 0. The molecule has 2 atom stereocenters. The first-order valence-electron chi connectivity index (χ1n) is 9.00. The van der Waals surface area contributed by atoms with E-state index < -0.39 is 0 Å². The van der Waals surface area contributed by atoms with Crippen LogP contribution in [0.25, 0.3) is 0 Å². The van der Waals surface area contributed by atoms with Crippen molar-refractivity contribution >= 4 is 18.3 Å². The second-order valence-electron chi connectivity index (χ2n) is 7.23. The van der Waals surface area contributed by atoms with Gasteiger partial charge in [-0.25, -0.2) is 0 Å². The average Bonchev–Trinajstić information content (AvgIpc) is 2.55. The van der Waals surface area contributed by atoms with Crippen molar-refractivity contribution in [2.45, 2.75) is 64.0 Å². The highest BCUT2D eigenvalue weighted by atomic mass is 35.5. The van der Waals surface area contributed by atoms with Crippen LogP contribution in [0, 0.1) is 5.92 Å². The summed E-state index contributed by atoms with van der Waals surface area (Å²) in [5, 5.41) is 3.44. The minimum atomic E-state index is 0. The standard InChI is InChI=1S/C17H31N3O.ClH/c1-14-13-15(7-8-18-14)17(21)20-11-9-19(10-12-20)16-5-3-2-4-6-16;/h14-16,18H,2-13H2,1H3;1H/t14-,15-;/m0./s1. The van der Waals surface area contributed by atoms with E-state index in [0.29, 0.717) is 11.9 Å². The lowest BCUT2D eigenvalue weighted by molar-refractivity contribution is -0.138. The summed E-state index contributed by atoms with van der Waals surface area (Å²) in [4.78, 5) is 17.4. The van der Waals surface area contributed by atoms with E-state index in [1.54, 1.807) is 0 Å². The monoisotopic (exact) mass is 329 g/mol. The molecule has 1 aliphatic carbocycles. The highest BCUT2D eigenvalue weighted by molar-refractivity contribution is 5.85. The Hall–Kier alpha value is -0.320. The summed E-state index contributed by atoms with van der Waals surface area (Å²) < 4.78 is 0. The number of nitrogens with zero attached hydrogens (tertiary/aromatic N) is 2. The summed E-state index contributed by atoms with van der Waals surface area (Å²) >= 11 is 0. The molecule has 128 valence electrons. The van der Waals surface area contributed by atoms with Gasteiger partial charge in [0.25, 0.3) is 0 Å². The third-order valence-corrected chi connectivity index (χ3v) is 5.69. The predicted octanol–water partition coefficient (Wildman–Crippen LogP) is 2.27. The van der Waals surface area contributed by atoms with Crippen LogP contribution < -0.4 is 5.32 Å². The third-order valence-electron chi connectivity index (χ3n) is 5.69. The van der Waals surface area contributed by atoms with Crippen molar-refractivity contribution in [3.63, 3.8) is 0 Å². The molecule has 1 amide bonds. The van der Waals surface area contributed by atoms with Gasteiger partial charge in [-0.05, 0) is 39.2 Å². The van der Waals surface area contributed by atoms with Gasteiger partial charge in [-0.1, -0.05) is 19.3 Å². The van der Waals surface area contributed by atoms with Gasteiger partial charge in [0.15, 0.2) is 0 Å². The van der Waals surface area contributed by atoms with E-state index in [0.717, 1.165) is 51.6 Å². The van der Waals surface area contributed by atoms with Crippen LogP contribution >= 0.6 is 12.4 Å². The maximum Gasteiger partial charge on any atom is 0.225 e. The van der Waals surface area contributed by atoms with E-state index in [1.807, 2.05) is 0 Å². The van der Waals surface area contributed by atoms with E-state index in [4.69, 9.17) is 0 Å². The normalized spacial score (nSPS) is 31.6. The molecule has 0 radical (unpaired) electrons. The number of hydrogen-bond donors (Lipinski definition) is 1. The van der Waals surface area contributed by atoms with Gasteiger partial charge in [-0.3, -0.25) is 9.69 Å². The highest BCUT2D eigenvalue weighted by Gasteiger charge is 2.32. The van der Waals surface area contributed by atoms with Crippen LogP contribution in [0.4, 0.5) is 0 Å². The zero-order chi connectivity index (χ0) is 14.7. The molecule has 0 unspecified atom stereocenters. The molecular formula is C17H32ClN3O. The molecule has 1 N–H and O–H groups in total. The average molecular weight is 330 g/mol. The smallest absolute Gasteiger partial charge is 0.225 e.